The molecule has 3 N–H and O–H groups in total. The van der Waals surface area contributed by atoms with Crippen LogP contribution in [0, 0.1) is 10.8 Å². The third-order valence-electron chi connectivity index (χ3n) is 3.74. The first kappa shape index (κ1) is 21.1. The van der Waals surface area contributed by atoms with Crippen molar-refractivity contribution in [1.82, 2.24) is 5.32 Å². The van der Waals surface area contributed by atoms with Crippen molar-refractivity contribution in [3.05, 3.63) is 11.6 Å². The topological polar surface area (TPSA) is 98.5 Å². The Morgan fingerprint density at radius 2 is 1.59 bits per heavy atom. The van der Waals surface area contributed by atoms with Gasteiger partial charge in [-0.2, -0.15) is 18.6 Å². The summed E-state index contributed by atoms with van der Waals surface area (Å²) in [5.74, 6) is 4.11. The predicted molar refractivity (Wildman–Crippen MR) is 88.3 cm³/mol. The van der Waals surface area contributed by atoms with Crippen LogP contribution in [0.2, 0.25) is 0 Å². The molecule has 1 amide bonds. The molecular weight excluding hydrogens is 304 g/mol. The Morgan fingerprint density at radius 3 is 1.91 bits per heavy atom. The predicted octanol–water partition coefficient (Wildman–Crippen LogP) is 2.12. The monoisotopic (exact) mass is 334 g/mol. The van der Waals surface area contributed by atoms with Crippen LogP contribution in [-0.4, -0.2) is 25.6 Å². The molecule has 0 aromatic carbocycles. The van der Waals surface area contributed by atoms with Gasteiger partial charge in [0.05, 0.1) is 16.7 Å². The van der Waals surface area contributed by atoms with E-state index >= 15 is 0 Å². The van der Waals surface area contributed by atoms with E-state index in [4.69, 9.17) is 5.90 Å². The van der Waals surface area contributed by atoms with Crippen LogP contribution < -0.4 is 11.2 Å². The highest BCUT2D eigenvalue weighted by Crippen LogP contribution is 2.41. The Kier molecular flexibility index (Phi) is 6.40. The van der Waals surface area contributed by atoms with E-state index in [1.165, 1.54) is 0 Å². The third kappa shape index (κ3) is 5.70. The van der Waals surface area contributed by atoms with Gasteiger partial charge >= 0.3 is 0 Å². The van der Waals surface area contributed by atoms with E-state index in [0.717, 1.165) is 5.57 Å². The maximum Gasteiger partial charge on any atom is 0.285 e. The Hall–Kier alpha value is -0.920. The van der Waals surface area contributed by atoms with Gasteiger partial charge in [-0.1, -0.05) is 32.4 Å². The van der Waals surface area contributed by atoms with Crippen molar-refractivity contribution in [2.24, 2.45) is 16.7 Å². The lowest BCUT2D eigenvalue weighted by atomic mass is 9.66. The van der Waals surface area contributed by atoms with Gasteiger partial charge in [-0.05, 0) is 40.0 Å². The molecule has 0 fully saturated rings. The number of carbonyl (C=O) groups is 1. The van der Waals surface area contributed by atoms with Crippen molar-refractivity contribution in [2.75, 3.05) is 5.75 Å². The number of amides is 1. The molecule has 1 unspecified atom stereocenters. The molecule has 6 nitrogen and oxygen atoms in total. The molecular formula is C15H30N2O4S. The summed E-state index contributed by atoms with van der Waals surface area (Å²) in [5.41, 5.74) is -1.11. The molecule has 0 rings (SSSR count). The molecule has 0 aromatic rings. The van der Waals surface area contributed by atoms with Gasteiger partial charge in [-0.15, -0.1) is 0 Å². The molecule has 0 saturated heterocycles. The first-order valence-electron chi connectivity index (χ1n) is 7.16. The van der Waals surface area contributed by atoms with Gasteiger partial charge in [0.2, 0.25) is 5.91 Å². The van der Waals surface area contributed by atoms with E-state index in [0.29, 0.717) is 0 Å². The second kappa shape index (κ2) is 6.68. The molecule has 130 valence electrons. The average Bonchev–Trinajstić information content (AvgIpc) is 2.24. The van der Waals surface area contributed by atoms with Crippen LogP contribution in [0.25, 0.3) is 0 Å². The maximum absolute atomic E-state index is 12.8. The summed E-state index contributed by atoms with van der Waals surface area (Å²) in [4.78, 5) is 12.8. The lowest BCUT2D eigenvalue weighted by molar-refractivity contribution is -0.134. The number of nitrogens with one attached hydrogen (secondary N) is 1. The fraction of sp³-hybridized carbons (Fsp3) is 0.800. The van der Waals surface area contributed by atoms with Gasteiger partial charge in [-0.25, -0.2) is 0 Å². The highest BCUT2D eigenvalue weighted by atomic mass is 32.2. The van der Waals surface area contributed by atoms with E-state index in [1.807, 2.05) is 47.6 Å². The standard InChI is InChI=1S/C15H30N2O4S/c1-11(2)9-15(8,13(3,4)5)12(18)17-14(6,7)10-22(19,20)21-16/h9H,10,16H2,1-8H3,(H,17,18). The molecule has 7 heteroatoms. The van der Waals surface area contributed by atoms with Gasteiger partial charge in [0.1, 0.15) is 0 Å². The smallest absolute Gasteiger partial charge is 0.285 e. The second-order valence-electron chi connectivity index (χ2n) is 7.81. The molecule has 0 saturated carbocycles. The molecule has 0 aliphatic carbocycles. The highest BCUT2D eigenvalue weighted by Gasteiger charge is 2.44. The fourth-order valence-electron chi connectivity index (χ4n) is 2.15. The normalized spacial score (nSPS) is 15.9. The molecule has 0 bridgehead atoms. The fourth-order valence-corrected chi connectivity index (χ4v) is 3.17. The summed E-state index contributed by atoms with van der Waals surface area (Å²) in [6.45, 7) is 14.8. The maximum atomic E-state index is 12.8. The summed E-state index contributed by atoms with van der Waals surface area (Å²) < 4.78 is 27.0. The molecule has 0 heterocycles. The van der Waals surface area contributed by atoms with Crippen molar-refractivity contribution in [1.29, 1.82) is 0 Å². The van der Waals surface area contributed by atoms with E-state index in [1.54, 1.807) is 13.8 Å². The van der Waals surface area contributed by atoms with Crippen LogP contribution in [0.1, 0.15) is 55.4 Å². The van der Waals surface area contributed by atoms with Crippen LogP contribution in [-0.2, 0) is 19.2 Å². The largest absolute Gasteiger partial charge is 0.349 e. The van der Waals surface area contributed by atoms with Crippen LogP contribution >= 0.6 is 0 Å². The summed E-state index contributed by atoms with van der Waals surface area (Å²) in [6, 6.07) is 0. The van der Waals surface area contributed by atoms with E-state index in [9.17, 15) is 13.2 Å². The Bertz CT molecular complexity index is 540. The number of allylic oxidation sites excluding steroid dienone is 1. The summed E-state index contributed by atoms with van der Waals surface area (Å²) in [5, 5.41) is 2.80. The zero-order chi connectivity index (χ0) is 18.0. The SMILES string of the molecule is CC(C)=CC(C)(C(=O)NC(C)(C)CS(=O)(=O)ON)C(C)(C)C. The first-order valence-corrected chi connectivity index (χ1v) is 8.74. The Labute approximate surface area is 134 Å². The second-order valence-corrected chi connectivity index (χ2v) is 9.41. The van der Waals surface area contributed by atoms with Crippen molar-refractivity contribution in [3.63, 3.8) is 0 Å². The van der Waals surface area contributed by atoms with E-state index in [2.05, 4.69) is 9.60 Å². The van der Waals surface area contributed by atoms with Crippen molar-refractivity contribution < 1.29 is 17.5 Å². The molecule has 22 heavy (non-hydrogen) atoms. The third-order valence-corrected chi connectivity index (χ3v) is 5.11. The molecule has 0 aliphatic rings. The quantitative estimate of drug-likeness (QED) is 0.572. The van der Waals surface area contributed by atoms with E-state index < -0.39 is 26.8 Å². The van der Waals surface area contributed by atoms with Crippen molar-refractivity contribution >= 4 is 16.0 Å². The van der Waals surface area contributed by atoms with Crippen molar-refractivity contribution in [3.8, 4) is 0 Å². The van der Waals surface area contributed by atoms with Gasteiger partial charge in [0, 0.05) is 0 Å². The Morgan fingerprint density at radius 1 is 1.14 bits per heavy atom. The minimum Gasteiger partial charge on any atom is -0.349 e. The first-order chi connectivity index (χ1) is 9.56. The van der Waals surface area contributed by atoms with Gasteiger partial charge < -0.3 is 5.32 Å². The summed E-state index contributed by atoms with van der Waals surface area (Å²) in [7, 11) is -3.88. The number of hydrogen-bond acceptors (Lipinski definition) is 5. The molecule has 1 atom stereocenters. The summed E-state index contributed by atoms with van der Waals surface area (Å²) in [6.07, 6.45) is 1.91. The van der Waals surface area contributed by atoms with Gasteiger partial charge in [0.25, 0.3) is 10.1 Å². The lowest BCUT2D eigenvalue weighted by Crippen LogP contribution is -2.55. The van der Waals surface area contributed by atoms with Crippen molar-refractivity contribution in [2.45, 2.75) is 60.9 Å². The van der Waals surface area contributed by atoms with Crippen LogP contribution in [0.4, 0.5) is 0 Å². The number of hydrogen-bond donors (Lipinski definition) is 2. The molecule has 0 aliphatic heterocycles. The Balaban J connectivity index is 5.51. The molecule has 0 spiro atoms. The zero-order valence-corrected chi connectivity index (χ0v) is 15.7. The molecule has 0 aromatic heterocycles. The molecule has 0 radical (unpaired) electrons. The number of rotatable bonds is 6. The van der Waals surface area contributed by atoms with Crippen LogP contribution in [0.3, 0.4) is 0 Å². The average molecular weight is 334 g/mol. The number of carbonyl (C=O) groups excluding carboxylic acids is 1. The minimum atomic E-state index is -3.88. The van der Waals surface area contributed by atoms with Gasteiger partial charge in [0.15, 0.2) is 0 Å². The summed E-state index contributed by atoms with van der Waals surface area (Å²) >= 11 is 0. The highest BCUT2D eigenvalue weighted by molar-refractivity contribution is 7.86. The van der Waals surface area contributed by atoms with Gasteiger partial charge in [-0.3, -0.25) is 4.79 Å². The number of nitrogens with two attached hydrogens (primary N) is 1. The van der Waals surface area contributed by atoms with Crippen LogP contribution in [0.15, 0.2) is 11.6 Å². The minimum absolute atomic E-state index is 0.238. The lowest BCUT2D eigenvalue weighted by Gasteiger charge is -2.41. The van der Waals surface area contributed by atoms with E-state index in [-0.39, 0.29) is 11.3 Å². The zero-order valence-electron chi connectivity index (χ0n) is 14.9. The van der Waals surface area contributed by atoms with Crippen LogP contribution in [0.5, 0.6) is 0 Å².